The average Bonchev–Trinajstić information content (AvgIpc) is 2.90. The Kier molecular flexibility index (Phi) is 5.43. The third-order valence-electron chi connectivity index (χ3n) is 4.41. The van der Waals surface area contributed by atoms with E-state index in [-0.39, 0.29) is 0 Å². The summed E-state index contributed by atoms with van der Waals surface area (Å²) in [7, 11) is 0. The summed E-state index contributed by atoms with van der Waals surface area (Å²) < 4.78 is 0. The standard InChI is InChI=1S/C16H28N2S/c1-5-14-10-17-16(12(2)3)11-18(14)13(4)9-15-7-6-8-19-15/h6-8,12-14,16-17H,5,9-11H2,1-4H3. The molecule has 108 valence electrons. The Bertz CT molecular complexity index is 361. The van der Waals surface area contributed by atoms with Crippen molar-refractivity contribution in [2.75, 3.05) is 13.1 Å². The summed E-state index contributed by atoms with van der Waals surface area (Å²) >= 11 is 1.89. The van der Waals surface area contributed by atoms with E-state index in [9.17, 15) is 0 Å². The monoisotopic (exact) mass is 280 g/mol. The van der Waals surface area contributed by atoms with Gasteiger partial charge < -0.3 is 5.32 Å². The molecule has 0 spiro atoms. The number of nitrogens with one attached hydrogen (secondary N) is 1. The highest BCUT2D eigenvalue weighted by atomic mass is 32.1. The molecule has 1 aliphatic rings. The fourth-order valence-corrected chi connectivity index (χ4v) is 3.87. The first kappa shape index (κ1) is 15.0. The molecule has 2 heterocycles. The van der Waals surface area contributed by atoms with Crippen molar-refractivity contribution in [1.29, 1.82) is 0 Å². The molecule has 2 rings (SSSR count). The molecule has 1 saturated heterocycles. The van der Waals surface area contributed by atoms with Gasteiger partial charge in [0.1, 0.15) is 0 Å². The van der Waals surface area contributed by atoms with Gasteiger partial charge in [-0.05, 0) is 37.1 Å². The Morgan fingerprint density at radius 3 is 2.79 bits per heavy atom. The van der Waals surface area contributed by atoms with E-state index in [1.165, 1.54) is 24.3 Å². The highest BCUT2D eigenvalue weighted by Crippen LogP contribution is 2.21. The van der Waals surface area contributed by atoms with Crippen molar-refractivity contribution in [1.82, 2.24) is 10.2 Å². The first-order chi connectivity index (χ1) is 9.11. The van der Waals surface area contributed by atoms with Crippen LogP contribution in [0.1, 0.15) is 39.0 Å². The Morgan fingerprint density at radius 2 is 2.21 bits per heavy atom. The molecule has 19 heavy (non-hydrogen) atoms. The molecule has 1 aromatic rings. The molecule has 0 amide bonds. The molecule has 3 heteroatoms. The fourth-order valence-electron chi connectivity index (χ4n) is 3.05. The molecule has 0 radical (unpaired) electrons. The quantitative estimate of drug-likeness (QED) is 0.889. The van der Waals surface area contributed by atoms with Gasteiger partial charge >= 0.3 is 0 Å². The van der Waals surface area contributed by atoms with Crippen molar-refractivity contribution in [2.24, 2.45) is 5.92 Å². The van der Waals surface area contributed by atoms with E-state index in [1.807, 2.05) is 11.3 Å². The second kappa shape index (κ2) is 6.87. The predicted molar refractivity (Wildman–Crippen MR) is 84.9 cm³/mol. The summed E-state index contributed by atoms with van der Waals surface area (Å²) in [5, 5.41) is 5.91. The van der Waals surface area contributed by atoms with E-state index < -0.39 is 0 Å². The van der Waals surface area contributed by atoms with Crippen LogP contribution in [0.25, 0.3) is 0 Å². The van der Waals surface area contributed by atoms with Crippen LogP contribution < -0.4 is 5.32 Å². The maximum atomic E-state index is 3.72. The molecular weight excluding hydrogens is 252 g/mol. The molecule has 1 N–H and O–H groups in total. The zero-order valence-corrected chi connectivity index (χ0v) is 13.5. The van der Waals surface area contributed by atoms with E-state index in [4.69, 9.17) is 0 Å². The normalized spacial score (nSPS) is 26.8. The molecule has 3 atom stereocenters. The van der Waals surface area contributed by atoms with Crippen LogP contribution in [0.2, 0.25) is 0 Å². The second-order valence-electron chi connectivity index (χ2n) is 6.15. The van der Waals surface area contributed by atoms with Gasteiger partial charge in [-0.2, -0.15) is 0 Å². The van der Waals surface area contributed by atoms with Crippen molar-refractivity contribution in [2.45, 2.75) is 58.7 Å². The SMILES string of the molecule is CCC1CNC(C(C)C)CN1C(C)Cc1cccs1. The summed E-state index contributed by atoms with van der Waals surface area (Å²) in [4.78, 5) is 4.25. The van der Waals surface area contributed by atoms with Crippen LogP contribution in [-0.4, -0.2) is 36.1 Å². The van der Waals surface area contributed by atoms with Gasteiger partial charge in [-0.1, -0.05) is 26.8 Å². The minimum absolute atomic E-state index is 0.645. The van der Waals surface area contributed by atoms with Gasteiger partial charge in [0.25, 0.3) is 0 Å². The summed E-state index contributed by atoms with van der Waals surface area (Å²) in [6.07, 6.45) is 2.44. The molecule has 1 aliphatic heterocycles. The Balaban J connectivity index is 2.00. The summed E-state index contributed by atoms with van der Waals surface area (Å²) in [5.74, 6) is 0.717. The summed E-state index contributed by atoms with van der Waals surface area (Å²) in [6.45, 7) is 11.7. The Hall–Kier alpha value is -0.380. The summed E-state index contributed by atoms with van der Waals surface area (Å²) in [5.41, 5.74) is 0. The van der Waals surface area contributed by atoms with Crippen molar-refractivity contribution in [3.05, 3.63) is 22.4 Å². The molecule has 0 saturated carbocycles. The number of piperazine rings is 1. The number of nitrogens with zero attached hydrogens (tertiary/aromatic N) is 1. The first-order valence-electron chi connectivity index (χ1n) is 7.63. The van der Waals surface area contributed by atoms with E-state index in [2.05, 4.69) is 55.4 Å². The lowest BCUT2D eigenvalue weighted by Crippen LogP contribution is -2.60. The van der Waals surface area contributed by atoms with E-state index in [0.717, 1.165) is 6.54 Å². The molecule has 2 nitrogen and oxygen atoms in total. The van der Waals surface area contributed by atoms with Crippen LogP contribution in [0.3, 0.4) is 0 Å². The third-order valence-corrected chi connectivity index (χ3v) is 5.31. The van der Waals surface area contributed by atoms with Crippen LogP contribution in [0.15, 0.2) is 17.5 Å². The largest absolute Gasteiger partial charge is 0.311 e. The molecule has 0 aliphatic carbocycles. The maximum absolute atomic E-state index is 3.72. The van der Waals surface area contributed by atoms with Crippen molar-refractivity contribution in [3.63, 3.8) is 0 Å². The highest BCUT2D eigenvalue weighted by Gasteiger charge is 2.31. The van der Waals surface area contributed by atoms with Gasteiger partial charge in [0.05, 0.1) is 0 Å². The van der Waals surface area contributed by atoms with Crippen LogP contribution >= 0.6 is 11.3 Å². The van der Waals surface area contributed by atoms with Crippen molar-refractivity contribution >= 4 is 11.3 Å². The van der Waals surface area contributed by atoms with Gasteiger partial charge in [0.15, 0.2) is 0 Å². The first-order valence-corrected chi connectivity index (χ1v) is 8.51. The number of thiophene rings is 1. The van der Waals surface area contributed by atoms with Crippen molar-refractivity contribution < 1.29 is 0 Å². The summed E-state index contributed by atoms with van der Waals surface area (Å²) in [6, 6.07) is 6.42. The van der Waals surface area contributed by atoms with Crippen molar-refractivity contribution in [3.8, 4) is 0 Å². The van der Waals surface area contributed by atoms with Crippen LogP contribution in [0, 0.1) is 5.92 Å². The average molecular weight is 280 g/mol. The highest BCUT2D eigenvalue weighted by molar-refractivity contribution is 7.09. The lowest BCUT2D eigenvalue weighted by atomic mass is 9.96. The number of hydrogen-bond donors (Lipinski definition) is 1. The minimum Gasteiger partial charge on any atom is -0.311 e. The third kappa shape index (κ3) is 3.80. The molecular formula is C16H28N2S. The van der Waals surface area contributed by atoms with Gasteiger partial charge in [-0.15, -0.1) is 11.3 Å². The molecule has 1 aromatic heterocycles. The Labute approximate surface area is 122 Å². The lowest BCUT2D eigenvalue weighted by Gasteiger charge is -2.44. The Morgan fingerprint density at radius 1 is 1.42 bits per heavy atom. The molecule has 3 unspecified atom stereocenters. The molecule has 0 aromatic carbocycles. The smallest absolute Gasteiger partial charge is 0.0221 e. The lowest BCUT2D eigenvalue weighted by molar-refractivity contribution is 0.0742. The molecule has 1 fully saturated rings. The van der Waals surface area contributed by atoms with Gasteiger partial charge in [0.2, 0.25) is 0 Å². The number of rotatable bonds is 5. The van der Waals surface area contributed by atoms with Gasteiger partial charge in [-0.25, -0.2) is 0 Å². The van der Waals surface area contributed by atoms with Crippen LogP contribution in [-0.2, 0) is 6.42 Å². The van der Waals surface area contributed by atoms with Gasteiger partial charge in [-0.3, -0.25) is 4.90 Å². The zero-order chi connectivity index (χ0) is 13.8. The molecule has 0 bridgehead atoms. The van der Waals surface area contributed by atoms with E-state index in [0.29, 0.717) is 24.0 Å². The predicted octanol–water partition coefficient (Wildman–Crippen LogP) is 3.39. The van der Waals surface area contributed by atoms with E-state index in [1.54, 1.807) is 0 Å². The zero-order valence-electron chi connectivity index (χ0n) is 12.7. The second-order valence-corrected chi connectivity index (χ2v) is 7.18. The minimum atomic E-state index is 0.645. The topological polar surface area (TPSA) is 15.3 Å². The number of hydrogen-bond acceptors (Lipinski definition) is 3. The van der Waals surface area contributed by atoms with Crippen LogP contribution in [0.5, 0.6) is 0 Å². The fraction of sp³-hybridized carbons (Fsp3) is 0.750. The van der Waals surface area contributed by atoms with E-state index >= 15 is 0 Å². The van der Waals surface area contributed by atoms with Gasteiger partial charge in [0, 0.05) is 36.1 Å². The van der Waals surface area contributed by atoms with Crippen LogP contribution in [0.4, 0.5) is 0 Å². The maximum Gasteiger partial charge on any atom is 0.0221 e.